The summed E-state index contributed by atoms with van der Waals surface area (Å²) in [4.78, 5) is 11.4. The minimum Gasteiger partial charge on any atom is -0.354 e. The zero-order chi connectivity index (χ0) is 9.90. The van der Waals surface area contributed by atoms with Gasteiger partial charge in [-0.15, -0.1) is 0 Å². The molecule has 0 aromatic carbocycles. The molecule has 76 valence electrons. The van der Waals surface area contributed by atoms with Crippen LogP contribution in [0.2, 0.25) is 0 Å². The second-order valence-corrected chi connectivity index (χ2v) is 4.47. The van der Waals surface area contributed by atoms with Crippen molar-refractivity contribution in [2.45, 2.75) is 57.5 Å². The van der Waals surface area contributed by atoms with Gasteiger partial charge in [0.2, 0.25) is 5.91 Å². The van der Waals surface area contributed by atoms with Gasteiger partial charge in [-0.1, -0.05) is 12.8 Å². The summed E-state index contributed by atoms with van der Waals surface area (Å²) in [6.07, 6.45) is 4.83. The van der Waals surface area contributed by atoms with Gasteiger partial charge in [-0.3, -0.25) is 4.79 Å². The maximum Gasteiger partial charge on any atom is 0.222 e. The van der Waals surface area contributed by atoms with E-state index >= 15 is 0 Å². The van der Waals surface area contributed by atoms with Gasteiger partial charge < -0.3 is 11.1 Å². The van der Waals surface area contributed by atoms with Crippen LogP contribution < -0.4 is 11.1 Å². The molecule has 0 aromatic rings. The van der Waals surface area contributed by atoms with Gasteiger partial charge in [0.25, 0.3) is 0 Å². The van der Waals surface area contributed by atoms with Crippen molar-refractivity contribution < 1.29 is 4.79 Å². The highest BCUT2D eigenvalue weighted by molar-refractivity contribution is 5.77. The third kappa shape index (κ3) is 3.35. The summed E-state index contributed by atoms with van der Waals surface area (Å²) in [5.41, 5.74) is 5.87. The molecule has 0 saturated heterocycles. The van der Waals surface area contributed by atoms with Crippen molar-refractivity contribution in [1.82, 2.24) is 5.32 Å². The minimum absolute atomic E-state index is 0.0967. The number of nitrogens with one attached hydrogen (secondary N) is 1. The summed E-state index contributed by atoms with van der Waals surface area (Å²) in [7, 11) is 0. The summed E-state index contributed by atoms with van der Waals surface area (Å²) < 4.78 is 0. The smallest absolute Gasteiger partial charge is 0.222 e. The number of nitrogens with two attached hydrogens (primary N) is 1. The lowest BCUT2D eigenvalue weighted by atomic mass is 9.94. The summed E-state index contributed by atoms with van der Waals surface area (Å²) in [5, 5.41) is 2.88. The molecule has 0 heterocycles. The summed E-state index contributed by atoms with van der Waals surface area (Å²) in [6.45, 7) is 3.94. The van der Waals surface area contributed by atoms with E-state index in [-0.39, 0.29) is 17.5 Å². The molecule has 1 aliphatic rings. The quantitative estimate of drug-likeness (QED) is 0.692. The van der Waals surface area contributed by atoms with E-state index in [2.05, 4.69) is 5.32 Å². The van der Waals surface area contributed by atoms with E-state index in [0.717, 1.165) is 12.8 Å². The third-order valence-corrected chi connectivity index (χ3v) is 2.56. The zero-order valence-electron chi connectivity index (χ0n) is 8.60. The molecule has 13 heavy (non-hydrogen) atoms. The summed E-state index contributed by atoms with van der Waals surface area (Å²) in [5.74, 6) is 0.0967. The van der Waals surface area contributed by atoms with E-state index in [9.17, 15) is 4.79 Å². The van der Waals surface area contributed by atoms with Gasteiger partial charge in [-0.05, 0) is 26.7 Å². The Kier molecular flexibility index (Phi) is 3.31. The Morgan fingerprint density at radius 1 is 1.46 bits per heavy atom. The van der Waals surface area contributed by atoms with Crippen molar-refractivity contribution in [2.75, 3.05) is 0 Å². The number of hydrogen-bond acceptors (Lipinski definition) is 2. The first-order chi connectivity index (χ1) is 6.02. The van der Waals surface area contributed by atoms with Crippen molar-refractivity contribution in [2.24, 2.45) is 5.73 Å². The van der Waals surface area contributed by atoms with E-state index < -0.39 is 0 Å². The van der Waals surface area contributed by atoms with Gasteiger partial charge >= 0.3 is 0 Å². The lowest BCUT2D eigenvalue weighted by molar-refractivity contribution is -0.122. The molecule has 0 aliphatic heterocycles. The molecule has 0 bridgehead atoms. The van der Waals surface area contributed by atoms with Gasteiger partial charge in [-0.2, -0.15) is 0 Å². The minimum atomic E-state index is -0.209. The normalized spacial score (nSPS) is 20.6. The Hall–Kier alpha value is -0.570. The Morgan fingerprint density at radius 3 is 2.46 bits per heavy atom. The molecule has 1 aliphatic carbocycles. The Balaban J connectivity index is 2.34. The molecule has 3 nitrogen and oxygen atoms in total. The first kappa shape index (κ1) is 10.5. The van der Waals surface area contributed by atoms with E-state index in [1.807, 2.05) is 13.8 Å². The second kappa shape index (κ2) is 4.09. The molecule has 0 atom stereocenters. The van der Waals surface area contributed by atoms with Crippen LogP contribution in [-0.2, 0) is 4.79 Å². The highest BCUT2D eigenvalue weighted by Crippen LogP contribution is 2.29. The molecule has 0 radical (unpaired) electrons. The molecule has 0 unspecified atom stereocenters. The standard InChI is InChI=1S/C10H20N2O/c1-8(2)12-9(13)7-10(11)5-3-4-6-10/h8H,3-7,11H2,1-2H3,(H,12,13). The van der Waals surface area contributed by atoms with Crippen LogP contribution in [0.3, 0.4) is 0 Å². The molecule has 1 saturated carbocycles. The van der Waals surface area contributed by atoms with Gasteiger partial charge in [0, 0.05) is 18.0 Å². The molecule has 3 heteroatoms. The van der Waals surface area contributed by atoms with Crippen LogP contribution in [0.4, 0.5) is 0 Å². The number of carbonyl (C=O) groups excluding carboxylic acids is 1. The molecular formula is C10H20N2O. The predicted molar refractivity (Wildman–Crippen MR) is 53.3 cm³/mol. The zero-order valence-corrected chi connectivity index (χ0v) is 8.60. The lowest BCUT2D eigenvalue weighted by Crippen LogP contribution is -2.43. The molecule has 0 spiro atoms. The van der Waals surface area contributed by atoms with Crippen molar-refractivity contribution >= 4 is 5.91 Å². The average Bonchev–Trinajstić information content (AvgIpc) is 2.33. The molecule has 3 N–H and O–H groups in total. The number of rotatable bonds is 3. The summed E-state index contributed by atoms with van der Waals surface area (Å²) >= 11 is 0. The van der Waals surface area contributed by atoms with E-state index in [0.29, 0.717) is 6.42 Å². The Bertz CT molecular complexity index is 183. The largest absolute Gasteiger partial charge is 0.354 e. The molecule has 1 amide bonds. The highest BCUT2D eigenvalue weighted by atomic mass is 16.1. The van der Waals surface area contributed by atoms with Crippen LogP contribution in [0, 0.1) is 0 Å². The number of amides is 1. The van der Waals surface area contributed by atoms with Crippen LogP contribution in [-0.4, -0.2) is 17.5 Å². The van der Waals surface area contributed by atoms with Gasteiger partial charge in [-0.25, -0.2) is 0 Å². The van der Waals surface area contributed by atoms with Gasteiger partial charge in [0.15, 0.2) is 0 Å². The Labute approximate surface area is 80.1 Å². The van der Waals surface area contributed by atoms with E-state index in [4.69, 9.17) is 5.73 Å². The van der Waals surface area contributed by atoms with Crippen LogP contribution in [0.1, 0.15) is 46.0 Å². The maximum atomic E-state index is 11.4. The van der Waals surface area contributed by atoms with Crippen LogP contribution in [0.15, 0.2) is 0 Å². The van der Waals surface area contributed by atoms with Crippen molar-refractivity contribution in [1.29, 1.82) is 0 Å². The fourth-order valence-electron chi connectivity index (χ4n) is 1.95. The SMILES string of the molecule is CC(C)NC(=O)CC1(N)CCCC1. The van der Waals surface area contributed by atoms with E-state index in [1.54, 1.807) is 0 Å². The first-order valence-electron chi connectivity index (χ1n) is 5.10. The highest BCUT2D eigenvalue weighted by Gasteiger charge is 2.31. The fraction of sp³-hybridized carbons (Fsp3) is 0.900. The maximum absolute atomic E-state index is 11.4. The first-order valence-corrected chi connectivity index (χ1v) is 5.10. The van der Waals surface area contributed by atoms with Crippen molar-refractivity contribution in [3.63, 3.8) is 0 Å². The topological polar surface area (TPSA) is 55.1 Å². The average molecular weight is 184 g/mol. The molecule has 0 aromatic heterocycles. The lowest BCUT2D eigenvalue weighted by Gasteiger charge is -2.23. The summed E-state index contributed by atoms with van der Waals surface area (Å²) in [6, 6.07) is 0.220. The van der Waals surface area contributed by atoms with E-state index in [1.165, 1.54) is 12.8 Å². The second-order valence-electron chi connectivity index (χ2n) is 4.47. The number of hydrogen-bond donors (Lipinski definition) is 2. The molecule has 1 rings (SSSR count). The van der Waals surface area contributed by atoms with Crippen molar-refractivity contribution in [3.8, 4) is 0 Å². The number of carbonyl (C=O) groups is 1. The van der Waals surface area contributed by atoms with Crippen LogP contribution >= 0.6 is 0 Å². The predicted octanol–water partition coefficient (Wildman–Crippen LogP) is 1.17. The fourth-order valence-corrected chi connectivity index (χ4v) is 1.95. The van der Waals surface area contributed by atoms with Crippen LogP contribution in [0.5, 0.6) is 0 Å². The Morgan fingerprint density at radius 2 is 2.00 bits per heavy atom. The van der Waals surface area contributed by atoms with Crippen molar-refractivity contribution in [3.05, 3.63) is 0 Å². The molecule has 1 fully saturated rings. The van der Waals surface area contributed by atoms with Gasteiger partial charge in [0.05, 0.1) is 0 Å². The monoisotopic (exact) mass is 184 g/mol. The van der Waals surface area contributed by atoms with Gasteiger partial charge in [0.1, 0.15) is 0 Å². The van der Waals surface area contributed by atoms with Crippen LogP contribution in [0.25, 0.3) is 0 Å². The third-order valence-electron chi connectivity index (χ3n) is 2.56. The molecular weight excluding hydrogens is 164 g/mol.